The highest BCUT2D eigenvalue weighted by Crippen LogP contribution is 2.35. The molecule has 2 heteroatoms. The van der Waals surface area contributed by atoms with Gasteiger partial charge < -0.3 is 10.4 Å². The lowest BCUT2D eigenvalue weighted by atomic mass is 9.75. The molecule has 1 saturated carbocycles. The highest BCUT2D eigenvalue weighted by atomic mass is 16.3. The average Bonchev–Trinajstić information content (AvgIpc) is 2.16. The van der Waals surface area contributed by atoms with Crippen LogP contribution in [0.5, 0.6) is 0 Å². The van der Waals surface area contributed by atoms with Gasteiger partial charge in [0.25, 0.3) is 0 Å². The molecule has 1 aliphatic rings. The maximum Gasteiger partial charge on any atom is 0.0743 e. The van der Waals surface area contributed by atoms with Crippen molar-refractivity contribution in [2.45, 2.75) is 77.9 Å². The van der Waals surface area contributed by atoms with Gasteiger partial charge >= 0.3 is 0 Å². The molecular weight excluding hydrogens is 198 g/mol. The molecule has 0 saturated heterocycles. The van der Waals surface area contributed by atoms with Crippen molar-refractivity contribution in [3.63, 3.8) is 0 Å². The predicted molar refractivity (Wildman–Crippen MR) is 69.6 cm³/mol. The fourth-order valence-electron chi connectivity index (χ4n) is 2.59. The third-order valence-corrected chi connectivity index (χ3v) is 3.90. The lowest BCUT2D eigenvalue weighted by Gasteiger charge is -2.36. The van der Waals surface area contributed by atoms with E-state index in [1.54, 1.807) is 0 Å². The monoisotopic (exact) mass is 227 g/mol. The molecule has 0 heterocycles. The Labute approximate surface area is 101 Å². The third kappa shape index (κ3) is 4.84. The van der Waals surface area contributed by atoms with Crippen molar-refractivity contribution in [2.24, 2.45) is 5.41 Å². The van der Waals surface area contributed by atoms with Crippen molar-refractivity contribution in [2.75, 3.05) is 6.54 Å². The average molecular weight is 227 g/mol. The SMILES string of the molecule is CCCC(C)(O)CNC1CCC(C)(C)CC1. The Kier molecular flexibility index (Phi) is 4.81. The van der Waals surface area contributed by atoms with Crippen molar-refractivity contribution < 1.29 is 5.11 Å². The van der Waals surface area contributed by atoms with Gasteiger partial charge in [0.15, 0.2) is 0 Å². The Balaban J connectivity index is 2.24. The first-order valence-corrected chi connectivity index (χ1v) is 6.80. The van der Waals surface area contributed by atoms with Crippen molar-refractivity contribution >= 4 is 0 Å². The molecule has 0 aromatic heterocycles. The fraction of sp³-hybridized carbons (Fsp3) is 1.00. The maximum absolute atomic E-state index is 10.1. The minimum absolute atomic E-state index is 0.526. The number of hydrogen-bond donors (Lipinski definition) is 2. The fourth-order valence-corrected chi connectivity index (χ4v) is 2.59. The summed E-state index contributed by atoms with van der Waals surface area (Å²) >= 11 is 0. The van der Waals surface area contributed by atoms with E-state index in [2.05, 4.69) is 26.1 Å². The summed E-state index contributed by atoms with van der Waals surface area (Å²) in [6.45, 7) is 9.52. The van der Waals surface area contributed by atoms with Crippen LogP contribution < -0.4 is 5.32 Å². The Bertz CT molecular complexity index is 201. The van der Waals surface area contributed by atoms with Gasteiger partial charge in [-0.3, -0.25) is 0 Å². The van der Waals surface area contributed by atoms with E-state index >= 15 is 0 Å². The smallest absolute Gasteiger partial charge is 0.0743 e. The molecule has 16 heavy (non-hydrogen) atoms. The van der Waals surface area contributed by atoms with E-state index in [1.165, 1.54) is 25.7 Å². The van der Waals surface area contributed by atoms with E-state index in [0.717, 1.165) is 19.4 Å². The zero-order valence-electron chi connectivity index (χ0n) is 11.5. The van der Waals surface area contributed by atoms with E-state index in [0.29, 0.717) is 11.5 Å². The molecule has 2 N–H and O–H groups in total. The van der Waals surface area contributed by atoms with Crippen LogP contribution in [0.3, 0.4) is 0 Å². The van der Waals surface area contributed by atoms with Crippen molar-refractivity contribution in [3.05, 3.63) is 0 Å². The molecule has 0 spiro atoms. The topological polar surface area (TPSA) is 32.3 Å². The Hall–Kier alpha value is -0.0800. The molecule has 0 aromatic carbocycles. The van der Waals surface area contributed by atoms with Gasteiger partial charge in [-0.25, -0.2) is 0 Å². The summed E-state index contributed by atoms with van der Waals surface area (Å²) in [5.74, 6) is 0. The molecule has 2 nitrogen and oxygen atoms in total. The highest BCUT2D eigenvalue weighted by molar-refractivity contribution is 4.84. The van der Waals surface area contributed by atoms with E-state index in [1.807, 2.05) is 6.92 Å². The normalized spacial score (nSPS) is 25.3. The minimum atomic E-state index is -0.526. The quantitative estimate of drug-likeness (QED) is 0.756. The van der Waals surface area contributed by atoms with Crippen molar-refractivity contribution in [1.82, 2.24) is 5.32 Å². The first-order valence-electron chi connectivity index (χ1n) is 6.80. The summed E-state index contributed by atoms with van der Waals surface area (Å²) in [4.78, 5) is 0. The molecule has 1 aliphatic carbocycles. The van der Waals surface area contributed by atoms with Crippen LogP contribution in [0.4, 0.5) is 0 Å². The van der Waals surface area contributed by atoms with Crippen molar-refractivity contribution in [3.8, 4) is 0 Å². The number of nitrogens with one attached hydrogen (secondary N) is 1. The number of aliphatic hydroxyl groups is 1. The molecule has 0 radical (unpaired) electrons. The van der Waals surface area contributed by atoms with Crippen LogP contribution in [-0.4, -0.2) is 23.3 Å². The molecule has 0 aromatic rings. The molecule has 0 amide bonds. The number of hydrogen-bond acceptors (Lipinski definition) is 2. The van der Waals surface area contributed by atoms with Gasteiger partial charge in [0, 0.05) is 12.6 Å². The van der Waals surface area contributed by atoms with E-state index in [4.69, 9.17) is 0 Å². The van der Waals surface area contributed by atoms with Crippen LogP contribution in [-0.2, 0) is 0 Å². The van der Waals surface area contributed by atoms with Gasteiger partial charge in [-0.2, -0.15) is 0 Å². The van der Waals surface area contributed by atoms with Crippen LogP contribution >= 0.6 is 0 Å². The maximum atomic E-state index is 10.1. The zero-order chi connectivity index (χ0) is 12.2. The van der Waals surface area contributed by atoms with E-state index in [-0.39, 0.29) is 0 Å². The molecule has 1 atom stereocenters. The standard InChI is InChI=1S/C14H29NO/c1-5-8-14(4,16)11-15-12-6-9-13(2,3)10-7-12/h12,15-16H,5-11H2,1-4H3. The van der Waals surface area contributed by atoms with Gasteiger partial charge in [-0.1, -0.05) is 27.2 Å². The van der Waals surface area contributed by atoms with Crippen LogP contribution in [0.1, 0.15) is 66.2 Å². The molecule has 1 rings (SSSR count). The molecule has 0 aliphatic heterocycles. The second-order valence-electron chi connectivity index (χ2n) is 6.57. The summed E-state index contributed by atoms with van der Waals surface area (Å²) in [6.07, 6.45) is 7.07. The summed E-state index contributed by atoms with van der Waals surface area (Å²) in [5.41, 5.74) is 0.00579. The van der Waals surface area contributed by atoms with E-state index in [9.17, 15) is 5.11 Å². The Morgan fingerprint density at radius 3 is 2.38 bits per heavy atom. The van der Waals surface area contributed by atoms with Crippen LogP contribution in [0, 0.1) is 5.41 Å². The molecule has 96 valence electrons. The lowest BCUT2D eigenvalue weighted by Crippen LogP contribution is -2.44. The summed E-state index contributed by atoms with van der Waals surface area (Å²) in [7, 11) is 0. The second-order valence-corrected chi connectivity index (χ2v) is 6.57. The predicted octanol–water partition coefficient (Wildman–Crippen LogP) is 3.10. The van der Waals surface area contributed by atoms with Crippen LogP contribution in [0.15, 0.2) is 0 Å². The first kappa shape index (κ1) is 14.0. The van der Waals surface area contributed by atoms with E-state index < -0.39 is 5.60 Å². The summed E-state index contributed by atoms with van der Waals surface area (Å²) in [6, 6.07) is 0.622. The highest BCUT2D eigenvalue weighted by Gasteiger charge is 2.28. The second kappa shape index (κ2) is 5.50. The molecule has 1 unspecified atom stereocenters. The minimum Gasteiger partial charge on any atom is -0.389 e. The zero-order valence-corrected chi connectivity index (χ0v) is 11.5. The van der Waals surface area contributed by atoms with Crippen LogP contribution in [0.25, 0.3) is 0 Å². The van der Waals surface area contributed by atoms with Gasteiger partial charge in [-0.15, -0.1) is 0 Å². The molecule has 0 bridgehead atoms. The van der Waals surface area contributed by atoms with Crippen molar-refractivity contribution in [1.29, 1.82) is 0 Å². The summed E-state index contributed by atoms with van der Waals surface area (Å²) in [5, 5.41) is 13.6. The third-order valence-electron chi connectivity index (χ3n) is 3.90. The Morgan fingerprint density at radius 2 is 1.88 bits per heavy atom. The Morgan fingerprint density at radius 1 is 1.31 bits per heavy atom. The van der Waals surface area contributed by atoms with Crippen LogP contribution in [0.2, 0.25) is 0 Å². The van der Waals surface area contributed by atoms with Gasteiger partial charge in [-0.05, 0) is 44.4 Å². The molecule has 1 fully saturated rings. The largest absolute Gasteiger partial charge is 0.389 e. The first-order chi connectivity index (χ1) is 7.35. The number of rotatable bonds is 5. The lowest BCUT2D eigenvalue weighted by molar-refractivity contribution is 0.0437. The van der Waals surface area contributed by atoms with Gasteiger partial charge in [0.2, 0.25) is 0 Å². The van der Waals surface area contributed by atoms with Gasteiger partial charge in [0.05, 0.1) is 5.60 Å². The van der Waals surface area contributed by atoms with Gasteiger partial charge in [0.1, 0.15) is 0 Å². The molecular formula is C14H29NO. The summed E-state index contributed by atoms with van der Waals surface area (Å²) < 4.78 is 0.